The van der Waals surface area contributed by atoms with E-state index in [0.717, 1.165) is 12.1 Å². The highest BCUT2D eigenvalue weighted by atomic mass is 32.2. The summed E-state index contributed by atoms with van der Waals surface area (Å²) in [4.78, 5) is 11.4. The van der Waals surface area contributed by atoms with Crippen LogP contribution in [0, 0.1) is 0 Å². The molecule has 1 aliphatic rings. The van der Waals surface area contributed by atoms with Gasteiger partial charge in [0.25, 0.3) is 0 Å². The summed E-state index contributed by atoms with van der Waals surface area (Å²) < 4.78 is 83.0. The lowest BCUT2D eigenvalue weighted by atomic mass is 10.2. The van der Waals surface area contributed by atoms with Crippen molar-refractivity contribution < 1.29 is 45.3 Å². The average molecular weight is 504 g/mol. The molecule has 2 aromatic carbocycles. The van der Waals surface area contributed by atoms with E-state index in [1.54, 1.807) is 13.8 Å². The van der Waals surface area contributed by atoms with Gasteiger partial charge < -0.3 is 30.0 Å². The van der Waals surface area contributed by atoms with Crippen molar-refractivity contribution in [2.75, 3.05) is 12.4 Å². The van der Waals surface area contributed by atoms with Gasteiger partial charge >= 0.3 is 12.4 Å². The molecule has 3 N–H and O–H groups in total. The fourth-order valence-corrected chi connectivity index (χ4v) is 4.75. The molecule has 1 aliphatic heterocycles. The molecule has 9 nitrogen and oxygen atoms in total. The second-order valence-corrected chi connectivity index (χ2v) is 9.89. The highest BCUT2D eigenvalue weighted by Crippen LogP contribution is 2.29. The molecule has 34 heavy (non-hydrogen) atoms. The van der Waals surface area contributed by atoms with Gasteiger partial charge in [0.1, 0.15) is 23.4 Å². The van der Waals surface area contributed by atoms with E-state index >= 15 is 0 Å². The number of hydrogen-bond acceptors (Lipinski definition) is 7. The summed E-state index contributed by atoms with van der Waals surface area (Å²) >= 11 is 0. The summed E-state index contributed by atoms with van der Waals surface area (Å²) in [5, 5.41) is 2.40. The number of nitrogens with two attached hydrogens (primary N) is 1. The van der Waals surface area contributed by atoms with Crippen LogP contribution in [0.15, 0.2) is 53.4 Å². The predicted molar refractivity (Wildman–Crippen MR) is 113 cm³/mol. The van der Waals surface area contributed by atoms with Crippen LogP contribution in [0.25, 0.3) is 0 Å². The first-order chi connectivity index (χ1) is 15.7. The van der Waals surface area contributed by atoms with Gasteiger partial charge in [-0.05, 0) is 62.4 Å². The molecule has 2 amide bonds. The number of urea groups is 1. The summed E-state index contributed by atoms with van der Waals surface area (Å²) in [7, 11) is -3.88. The van der Waals surface area contributed by atoms with Crippen LogP contribution in [-0.4, -0.2) is 51.1 Å². The van der Waals surface area contributed by atoms with Crippen LogP contribution < -0.4 is 20.5 Å². The van der Waals surface area contributed by atoms with Crippen molar-refractivity contribution in [2.24, 2.45) is 5.73 Å². The second kappa shape index (κ2) is 9.68. The van der Waals surface area contributed by atoms with E-state index in [4.69, 9.17) is 19.9 Å². The first-order valence-electron chi connectivity index (χ1n) is 9.97. The standard InChI is InChI=1S/C21H23F3N2O7S/c1-20(2)30-11-18(33-20)17(26-19(25)27)12-34(28,29)16-9-7-14(8-10-16)31-13-3-5-15(6-4-13)32-21(22,23)24/h3-10,17-18H,11-12H2,1-2H3,(H3,25,26,27)/t17-,18+/m0/s1. The van der Waals surface area contributed by atoms with Crippen LogP contribution in [0.1, 0.15) is 13.8 Å². The number of ether oxygens (including phenoxy) is 4. The number of hydrogen-bond donors (Lipinski definition) is 2. The van der Waals surface area contributed by atoms with Crippen molar-refractivity contribution in [1.29, 1.82) is 0 Å². The fraction of sp³-hybridized carbons (Fsp3) is 0.381. The first kappa shape index (κ1) is 25.6. The molecular weight excluding hydrogens is 481 g/mol. The normalized spacial score (nSPS) is 18.8. The number of alkyl halides is 3. The number of primary amides is 1. The monoisotopic (exact) mass is 504 g/mol. The Morgan fingerprint density at radius 1 is 1.12 bits per heavy atom. The molecule has 2 aromatic rings. The maximum absolute atomic E-state index is 12.9. The lowest BCUT2D eigenvalue weighted by Gasteiger charge is -2.24. The van der Waals surface area contributed by atoms with E-state index in [1.165, 1.54) is 36.4 Å². The summed E-state index contributed by atoms with van der Waals surface area (Å²) in [5.41, 5.74) is 5.20. The lowest BCUT2D eigenvalue weighted by Crippen LogP contribution is -2.50. The molecule has 0 saturated carbocycles. The quantitative estimate of drug-likeness (QED) is 0.565. The zero-order chi connectivity index (χ0) is 25.1. The summed E-state index contributed by atoms with van der Waals surface area (Å²) in [5.74, 6) is -1.34. The topological polar surface area (TPSA) is 126 Å². The predicted octanol–water partition coefficient (Wildman–Crippen LogP) is 3.34. The van der Waals surface area contributed by atoms with Gasteiger partial charge in [-0.2, -0.15) is 0 Å². The van der Waals surface area contributed by atoms with Crippen LogP contribution in [0.2, 0.25) is 0 Å². The Kier molecular flexibility index (Phi) is 7.29. The Balaban J connectivity index is 1.68. The molecule has 0 aliphatic carbocycles. The molecule has 0 bridgehead atoms. The maximum Gasteiger partial charge on any atom is 0.573 e. The molecule has 186 valence electrons. The van der Waals surface area contributed by atoms with Crippen molar-refractivity contribution in [3.63, 3.8) is 0 Å². The maximum atomic E-state index is 12.9. The van der Waals surface area contributed by atoms with Gasteiger partial charge in [0, 0.05) is 0 Å². The van der Waals surface area contributed by atoms with Gasteiger partial charge in [0.2, 0.25) is 0 Å². The molecular formula is C21H23F3N2O7S. The third-order valence-corrected chi connectivity index (χ3v) is 6.47. The van der Waals surface area contributed by atoms with Crippen molar-refractivity contribution in [3.05, 3.63) is 48.5 Å². The highest BCUT2D eigenvalue weighted by molar-refractivity contribution is 7.91. The molecule has 13 heteroatoms. The first-order valence-corrected chi connectivity index (χ1v) is 11.6. The van der Waals surface area contributed by atoms with E-state index in [0.29, 0.717) is 0 Å². The fourth-order valence-electron chi connectivity index (χ4n) is 3.23. The van der Waals surface area contributed by atoms with Crippen LogP contribution in [0.5, 0.6) is 17.2 Å². The second-order valence-electron chi connectivity index (χ2n) is 7.86. The number of halogens is 3. The van der Waals surface area contributed by atoms with Gasteiger partial charge in [-0.3, -0.25) is 0 Å². The highest BCUT2D eigenvalue weighted by Gasteiger charge is 2.40. The van der Waals surface area contributed by atoms with E-state index in [2.05, 4.69) is 10.1 Å². The molecule has 2 atom stereocenters. The van der Waals surface area contributed by atoms with Crippen molar-refractivity contribution in [3.8, 4) is 17.2 Å². The Morgan fingerprint density at radius 2 is 1.65 bits per heavy atom. The molecule has 1 saturated heterocycles. The molecule has 0 aromatic heterocycles. The Morgan fingerprint density at radius 3 is 2.12 bits per heavy atom. The van der Waals surface area contributed by atoms with Gasteiger partial charge in [-0.25, -0.2) is 13.2 Å². The number of benzene rings is 2. The zero-order valence-corrected chi connectivity index (χ0v) is 19.0. The molecule has 1 heterocycles. The average Bonchev–Trinajstić information content (AvgIpc) is 3.08. The van der Waals surface area contributed by atoms with E-state index < -0.39 is 51.7 Å². The number of carbonyl (C=O) groups is 1. The molecule has 3 rings (SSSR count). The van der Waals surface area contributed by atoms with Gasteiger partial charge in [0.15, 0.2) is 15.6 Å². The van der Waals surface area contributed by atoms with Crippen LogP contribution in [-0.2, 0) is 19.3 Å². The zero-order valence-electron chi connectivity index (χ0n) is 18.2. The third kappa shape index (κ3) is 7.23. The van der Waals surface area contributed by atoms with Crippen LogP contribution in [0.3, 0.4) is 0 Å². The molecule has 0 spiro atoms. The number of carbonyl (C=O) groups excluding carboxylic acids is 1. The van der Waals surface area contributed by atoms with E-state index in [-0.39, 0.29) is 23.0 Å². The van der Waals surface area contributed by atoms with Gasteiger partial charge in [-0.15, -0.1) is 13.2 Å². The van der Waals surface area contributed by atoms with Crippen LogP contribution in [0.4, 0.5) is 18.0 Å². The number of sulfone groups is 1. The Labute approximate surface area is 193 Å². The third-order valence-electron chi connectivity index (χ3n) is 4.68. The summed E-state index contributed by atoms with van der Waals surface area (Å²) in [6, 6.07) is 8.28. The van der Waals surface area contributed by atoms with Crippen molar-refractivity contribution in [2.45, 2.75) is 43.0 Å². The summed E-state index contributed by atoms with van der Waals surface area (Å²) in [6.45, 7) is 3.41. The number of rotatable bonds is 8. The minimum Gasteiger partial charge on any atom is -0.457 e. The van der Waals surface area contributed by atoms with E-state index in [9.17, 15) is 26.4 Å². The summed E-state index contributed by atoms with van der Waals surface area (Å²) in [6.07, 6.45) is -5.52. The minimum atomic E-state index is -4.80. The number of nitrogens with one attached hydrogen (secondary N) is 1. The lowest BCUT2D eigenvalue weighted by molar-refractivity contribution is -0.274. The smallest absolute Gasteiger partial charge is 0.457 e. The SMILES string of the molecule is CC1(C)OC[C@H]([C@H](CS(=O)(=O)c2ccc(Oc3ccc(OC(F)(F)F)cc3)cc2)NC(N)=O)O1. The van der Waals surface area contributed by atoms with E-state index in [1.807, 2.05) is 0 Å². The Bertz CT molecular complexity index is 1100. The van der Waals surface area contributed by atoms with Gasteiger partial charge in [-0.1, -0.05) is 0 Å². The van der Waals surface area contributed by atoms with Crippen molar-refractivity contribution >= 4 is 15.9 Å². The van der Waals surface area contributed by atoms with Gasteiger partial charge in [0.05, 0.1) is 23.3 Å². The van der Waals surface area contributed by atoms with Crippen LogP contribution >= 0.6 is 0 Å². The minimum absolute atomic E-state index is 0.0387. The Hall–Kier alpha value is -3.03. The molecule has 0 radical (unpaired) electrons. The van der Waals surface area contributed by atoms with Crippen molar-refractivity contribution in [1.82, 2.24) is 5.32 Å². The largest absolute Gasteiger partial charge is 0.573 e. The number of amides is 2. The molecule has 1 fully saturated rings. The molecule has 0 unspecified atom stereocenters.